The van der Waals surface area contributed by atoms with E-state index in [1.54, 1.807) is 30.1 Å². The predicted octanol–water partition coefficient (Wildman–Crippen LogP) is 2.40. The molecule has 188 valence electrons. The van der Waals surface area contributed by atoms with E-state index < -0.39 is 6.04 Å². The molecule has 3 atom stereocenters. The van der Waals surface area contributed by atoms with Crippen molar-refractivity contribution in [3.8, 4) is 5.75 Å². The van der Waals surface area contributed by atoms with Crippen molar-refractivity contribution in [2.24, 2.45) is 0 Å². The second kappa shape index (κ2) is 11.4. The highest BCUT2D eigenvalue weighted by atomic mass is 19.1. The summed E-state index contributed by atoms with van der Waals surface area (Å²) < 4.78 is 34.1. The Bertz CT molecular complexity index is 1230. The first kappa shape index (κ1) is 24.0. The molecule has 3 heterocycles. The number of tetrazole rings is 1. The van der Waals surface area contributed by atoms with Gasteiger partial charge < -0.3 is 14.2 Å². The van der Waals surface area contributed by atoms with Crippen LogP contribution in [0.4, 0.5) is 4.39 Å². The third-order valence-corrected chi connectivity index (χ3v) is 6.13. The average molecular weight is 494 g/mol. The zero-order chi connectivity index (χ0) is 24.7. The Morgan fingerprint density at radius 1 is 1.11 bits per heavy atom. The molecule has 2 aromatic heterocycles. The monoisotopic (exact) mass is 493 g/mol. The number of hydrogen-bond acceptors (Lipinski definition) is 8. The molecule has 0 bridgehead atoms. The van der Waals surface area contributed by atoms with Crippen molar-refractivity contribution >= 4 is 0 Å². The number of methoxy groups -OCH3 is 1. The molecular formula is C25H28FN7O3. The fraction of sp³-hybridized carbons (Fsp3) is 0.360. The predicted molar refractivity (Wildman–Crippen MR) is 128 cm³/mol. The summed E-state index contributed by atoms with van der Waals surface area (Å²) in [7, 11) is 1.64. The first-order valence-corrected chi connectivity index (χ1v) is 11.8. The quantitative estimate of drug-likeness (QED) is 0.318. The van der Waals surface area contributed by atoms with Gasteiger partial charge in [0.2, 0.25) is 0 Å². The van der Waals surface area contributed by atoms with Crippen LogP contribution in [0.3, 0.4) is 0 Å². The summed E-state index contributed by atoms with van der Waals surface area (Å²) in [4.78, 5) is 0. The number of ether oxygens (including phenoxy) is 3. The summed E-state index contributed by atoms with van der Waals surface area (Å²) in [5.41, 5.74) is 1.77. The molecule has 11 heteroatoms. The van der Waals surface area contributed by atoms with Crippen LogP contribution in [0.15, 0.2) is 67.0 Å². The SMILES string of the molecule is COCCOc1ccccc1C(N[C@@H]1COC[C@@H]1n1cccn1)c1nnnn1Cc1ccc(F)cc1. The van der Waals surface area contributed by atoms with E-state index in [0.29, 0.717) is 44.5 Å². The third-order valence-electron chi connectivity index (χ3n) is 6.13. The molecule has 1 aliphatic rings. The zero-order valence-corrected chi connectivity index (χ0v) is 19.9. The van der Waals surface area contributed by atoms with E-state index in [2.05, 4.69) is 25.9 Å². The van der Waals surface area contributed by atoms with Crippen LogP contribution in [-0.2, 0) is 16.0 Å². The molecule has 1 saturated heterocycles. The van der Waals surface area contributed by atoms with Gasteiger partial charge in [0.05, 0.1) is 44.5 Å². The second-order valence-corrected chi connectivity index (χ2v) is 8.50. The first-order chi connectivity index (χ1) is 17.7. The van der Waals surface area contributed by atoms with Gasteiger partial charge in [-0.3, -0.25) is 10.00 Å². The number of nitrogens with zero attached hydrogens (tertiary/aromatic N) is 6. The highest BCUT2D eigenvalue weighted by molar-refractivity contribution is 5.39. The molecule has 0 spiro atoms. The largest absolute Gasteiger partial charge is 0.491 e. The Labute approximate surface area is 208 Å². The van der Waals surface area contributed by atoms with Crippen molar-refractivity contribution in [3.63, 3.8) is 0 Å². The van der Waals surface area contributed by atoms with Crippen LogP contribution in [0.25, 0.3) is 0 Å². The normalized spacial score (nSPS) is 18.4. The minimum absolute atomic E-state index is 0.00509. The molecule has 0 saturated carbocycles. The fourth-order valence-corrected chi connectivity index (χ4v) is 4.34. The van der Waals surface area contributed by atoms with E-state index in [-0.39, 0.29) is 17.9 Å². The Morgan fingerprint density at radius 3 is 2.78 bits per heavy atom. The van der Waals surface area contributed by atoms with Crippen LogP contribution in [-0.4, -0.2) is 69.6 Å². The Balaban J connectivity index is 1.49. The van der Waals surface area contributed by atoms with E-state index in [0.717, 1.165) is 11.1 Å². The van der Waals surface area contributed by atoms with Gasteiger partial charge in [-0.1, -0.05) is 30.3 Å². The van der Waals surface area contributed by atoms with Gasteiger partial charge in [-0.25, -0.2) is 9.07 Å². The van der Waals surface area contributed by atoms with Gasteiger partial charge in [-0.2, -0.15) is 5.10 Å². The summed E-state index contributed by atoms with van der Waals surface area (Å²) in [6.45, 7) is 2.30. The van der Waals surface area contributed by atoms with Crippen molar-refractivity contribution < 1.29 is 18.6 Å². The molecule has 1 fully saturated rings. The lowest BCUT2D eigenvalue weighted by Crippen LogP contribution is -2.41. The van der Waals surface area contributed by atoms with Crippen molar-refractivity contribution in [2.75, 3.05) is 33.5 Å². The van der Waals surface area contributed by atoms with Gasteiger partial charge in [0.25, 0.3) is 0 Å². The molecule has 4 aromatic rings. The zero-order valence-electron chi connectivity index (χ0n) is 19.9. The third kappa shape index (κ3) is 5.43. The molecule has 2 aromatic carbocycles. The van der Waals surface area contributed by atoms with Crippen LogP contribution in [0.1, 0.15) is 29.0 Å². The van der Waals surface area contributed by atoms with Crippen LogP contribution in [0.5, 0.6) is 5.75 Å². The van der Waals surface area contributed by atoms with Gasteiger partial charge in [0, 0.05) is 25.1 Å². The molecule has 36 heavy (non-hydrogen) atoms. The van der Waals surface area contributed by atoms with E-state index in [9.17, 15) is 4.39 Å². The fourth-order valence-electron chi connectivity index (χ4n) is 4.34. The summed E-state index contributed by atoms with van der Waals surface area (Å²) in [6.07, 6.45) is 3.69. The van der Waals surface area contributed by atoms with Gasteiger partial charge in [-0.05, 0) is 40.3 Å². The first-order valence-electron chi connectivity index (χ1n) is 11.8. The second-order valence-electron chi connectivity index (χ2n) is 8.50. The number of para-hydroxylation sites is 1. The molecule has 5 rings (SSSR count). The van der Waals surface area contributed by atoms with Crippen LogP contribution < -0.4 is 10.1 Å². The van der Waals surface area contributed by atoms with Gasteiger partial charge >= 0.3 is 0 Å². The van der Waals surface area contributed by atoms with Crippen molar-refractivity contribution in [1.29, 1.82) is 0 Å². The molecule has 10 nitrogen and oxygen atoms in total. The lowest BCUT2D eigenvalue weighted by molar-refractivity contribution is 0.145. The highest BCUT2D eigenvalue weighted by Crippen LogP contribution is 2.32. The average Bonchev–Trinajstić information content (AvgIpc) is 3.67. The highest BCUT2D eigenvalue weighted by Gasteiger charge is 2.35. The van der Waals surface area contributed by atoms with Gasteiger partial charge in [-0.15, -0.1) is 5.10 Å². The topological polar surface area (TPSA) is 101 Å². The maximum Gasteiger partial charge on any atom is 0.173 e. The molecule has 0 radical (unpaired) electrons. The minimum Gasteiger partial charge on any atom is -0.491 e. The molecule has 0 aliphatic carbocycles. The summed E-state index contributed by atoms with van der Waals surface area (Å²) in [5, 5.41) is 20.7. The van der Waals surface area contributed by atoms with Crippen LogP contribution >= 0.6 is 0 Å². The van der Waals surface area contributed by atoms with Gasteiger partial charge in [0.15, 0.2) is 5.82 Å². The van der Waals surface area contributed by atoms with E-state index >= 15 is 0 Å². The van der Waals surface area contributed by atoms with E-state index in [1.165, 1.54) is 12.1 Å². The number of aromatic nitrogens is 6. The van der Waals surface area contributed by atoms with Crippen molar-refractivity contribution in [2.45, 2.75) is 24.7 Å². The van der Waals surface area contributed by atoms with Crippen LogP contribution in [0, 0.1) is 5.82 Å². The summed E-state index contributed by atoms with van der Waals surface area (Å²) >= 11 is 0. The number of benzene rings is 2. The molecule has 1 aliphatic heterocycles. The summed E-state index contributed by atoms with van der Waals surface area (Å²) in [5.74, 6) is 1.02. The smallest absolute Gasteiger partial charge is 0.173 e. The lowest BCUT2D eigenvalue weighted by Gasteiger charge is -2.27. The molecule has 1 unspecified atom stereocenters. The maximum atomic E-state index is 13.4. The van der Waals surface area contributed by atoms with E-state index in [1.807, 2.05) is 41.2 Å². The van der Waals surface area contributed by atoms with Crippen molar-refractivity contribution in [1.82, 2.24) is 35.3 Å². The Morgan fingerprint density at radius 2 is 1.97 bits per heavy atom. The molecular weight excluding hydrogens is 465 g/mol. The minimum atomic E-state index is -0.413. The van der Waals surface area contributed by atoms with Gasteiger partial charge in [0.1, 0.15) is 18.2 Å². The summed E-state index contributed by atoms with van der Waals surface area (Å²) in [6, 6.07) is 15.5. The standard InChI is InChI=1S/C25H28FN7O3/c1-34-13-14-36-23-6-3-2-5-20(23)24(28-21-16-35-17-22(21)32-12-4-11-27-32)25-29-30-31-33(25)15-18-7-9-19(26)10-8-18/h2-12,21-22,24,28H,13-17H2,1H3/t21-,22+,24?/m1/s1. The number of rotatable bonds is 11. The Hall–Kier alpha value is -3.67. The number of hydrogen-bond donors (Lipinski definition) is 1. The Kier molecular flexibility index (Phi) is 7.60. The maximum absolute atomic E-state index is 13.4. The van der Waals surface area contributed by atoms with Crippen molar-refractivity contribution in [3.05, 3.63) is 89.8 Å². The molecule has 1 N–H and O–H groups in total. The lowest BCUT2D eigenvalue weighted by atomic mass is 10.0. The van der Waals surface area contributed by atoms with Crippen LogP contribution in [0.2, 0.25) is 0 Å². The number of nitrogens with one attached hydrogen (secondary N) is 1. The van der Waals surface area contributed by atoms with E-state index in [4.69, 9.17) is 14.2 Å². The molecule has 0 amide bonds. The number of halogens is 1.